The highest BCUT2D eigenvalue weighted by Gasteiger charge is 2.44. The molecule has 15 nitrogen and oxygen atoms in total. The predicted octanol–water partition coefficient (Wildman–Crippen LogP) is -0.252. The van der Waals surface area contributed by atoms with Crippen LogP contribution < -0.4 is 24.8 Å². The van der Waals surface area contributed by atoms with E-state index in [1.165, 1.54) is 52.3 Å². The molecule has 0 saturated carbocycles. The number of carbonyl (C=O) groups is 2. The number of hydrogen-bond donors (Lipinski definition) is 4. The van der Waals surface area contributed by atoms with Crippen LogP contribution in [0, 0.1) is 0 Å². The molecule has 2 amide bonds. The molecule has 1 fully saturated rings. The zero-order chi connectivity index (χ0) is 31.5. The van der Waals surface area contributed by atoms with E-state index in [9.17, 15) is 39.9 Å². The first-order chi connectivity index (χ1) is 19.5. The second kappa shape index (κ2) is 12.9. The lowest BCUT2D eigenvalue weighted by atomic mass is 10.2. The number of methoxy groups -OCH3 is 2. The van der Waals surface area contributed by atoms with E-state index in [2.05, 4.69) is 15.4 Å². The first-order valence-corrected chi connectivity index (χ1v) is 17.1. The molecule has 2 atom stereocenters. The second-order valence-electron chi connectivity index (χ2n) is 9.31. The standard InChI is InChI=1S/C24H32N4O11S3/c1-15(29)26-19-11-17(5-7-23(19)38-3)41(34,35)25-9-10-28(21-13-40(32,33)14-22(21)31)42(36,37)18-6-8-24(39-4)20(12-18)27-16(2)30/h5-8,11-12,21-22,25,31H,9-10,13-14H2,1-4H3,(H,26,29)(H,27,30)/t21-,22+/m0/s1. The summed E-state index contributed by atoms with van der Waals surface area (Å²) in [5.74, 6) is -1.98. The molecule has 1 aliphatic rings. The molecule has 1 aliphatic heterocycles. The van der Waals surface area contributed by atoms with Gasteiger partial charge in [0.2, 0.25) is 31.9 Å². The van der Waals surface area contributed by atoms with Gasteiger partial charge in [0.25, 0.3) is 0 Å². The van der Waals surface area contributed by atoms with Crippen molar-refractivity contribution in [3.05, 3.63) is 36.4 Å². The molecule has 2 aromatic rings. The summed E-state index contributed by atoms with van der Waals surface area (Å²) in [6, 6.07) is 5.87. The molecule has 0 aromatic heterocycles. The Morgan fingerprint density at radius 3 is 1.86 bits per heavy atom. The molecule has 2 aromatic carbocycles. The Bertz CT molecular complexity index is 1680. The Morgan fingerprint density at radius 1 is 0.905 bits per heavy atom. The average Bonchev–Trinajstić information content (AvgIpc) is 3.16. The van der Waals surface area contributed by atoms with Crippen LogP contribution in [0.5, 0.6) is 11.5 Å². The average molecular weight is 649 g/mol. The van der Waals surface area contributed by atoms with Gasteiger partial charge in [0.1, 0.15) is 11.5 Å². The van der Waals surface area contributed by atoms with Gasteiger partial charge in [-0.25, -0.2) is 30.0 Å². The van der Waals surface area contributed by atoms with Crippen molar-refractivity contribution in [2.45, 2.75) is 35.8 Å². The van der Waals surface area contributed by atoms with E-state index in [0.717, 1.165) is 16.4 Å². The summed E-state index contributed by atoms with van der Waals surface area (Å²) in [7, 11) is -9.97. The molecule has 4 N–H and O–H groups in total. The quantitative estimate of drug-likeness (QED) is 0.235. The van der Waals surface area contributed by atoms with Crippen LogP contribution in [0.15, 0.2) is 46.2 Å². The number of sulfonamides is 2. The van der Waals surface area contributed by atoms with Gasteiger partial charge in [-0.2, -0.15) is 4.31 Å². The van der Waals surface area contributed by atoms with Crippen LogP contribution >= 0.6 is 0 Å². The summed E-state index contributed by atoms with van der Waals surface area (Å²) in [5.41, 5.74) is 0.117. The van der Waals surface area contributed by atoms with Gasteiger partial charge in [0.15, 0.2) is 9.84 Å². The summed E-state index contributed by atoms with van der Waals surface area (Å²) in [5, 5.41) is 15.4. The molecular formula is C24H32N4O11S3. The number of ether oxygens (including phenoxy) is 2. The van der Waals surface area contributed by atoms with E-state index in [1.54, 1.807) is 0 Å². The fraction of sp³-hybridized carbons (Fsp3) is 0.417. The van der Waals surface area contributed by atoms with Gasteiger partial charge in [-0.3, -0.25) is 9.59 Å². The first kappa shape index (κ1) is 33.2. The maximum absolute atomic E-state index is 13.8. The van der Waals surface area contributed by atoms with Crippen molar-refractivity contribution in [2.75, 3.05) is 49.4 Å². The van der Waals surface area contributed by atoms with E-state index < -0.39 is 78.4 Å². The van der Waals surface area contributed by atoms with Gasteiger partial charge >= 0.3 is 0 Å². The van der Waals surface area contributed by atoms with Crippen molar-refractivity contribution in [1.82, 2.24) is 9.03 Å². The topological polar surface area (TPSA) is 215 Å². The predicted molar refractivity (Wildman–Crippen MR) is 152 cm³/mol. The lowest BCUT2D eigenvalue weighted by Gasteiger charge is -2.29. The SMILES string of the molecule is COc1ccc(S(=O)(=O)NCCN([C@H]2CS(=O)(=O)C[C@H]2O)S(=O)(=O)c2ccc(OC)c(NC(C)=O)c2)cc1NC(C)=O. The van der Waals surface area contributed by atoms with Crippen molar-refractivity contribution in [3.8, 4) is 11.5 Å². The monoisotopic (exact) mass is 648 g/mol. The fourth-order valence-electron chi connectivity index (χ4n) is 4.34. The molecule has 1 heterocycles. The molecule has 3 rings (SSSR count). The number of sulfone groups is 1. The third-order valence-electron chi connectivity index (χ3n) is 6.17. The number of aliphatic hydroxyl groups excluding tert-OH is 1. The van der Waals surface area contributed by atoms with Crippen LogP contribution in [0.3, 0.4) is 0 Å². The number of nitrogens with one attached hydrogen (secondary N) is 3. The van der Waals surface area contributed by atoms with E-state index in [1.807, 2.05) is 0 Å². The molecule has 232 valence electrons. The van der Waals surface area contributed by atoms with E-state index in [4.69, 9.17) is 9.47 Å². The molecule has 0 unspecified atom stereocenters. The van der Waals surface area contributed by atoms with E-state index >= 15 is 0 Å². The van der Waals surface area contributed by atoms with Crippen molar-refractivity contribution in [2.24, 2.45) is 0 Å². The molecular weight excluding hydrogens is 616 g/mol. The summed E-state index contributed by atoms with van der Waals surface area (Å²) < 4.78 is 91.5. The summed E-state index contributed by atoms with van der Waals surface area (Å²) in [6.45, 7) is 1.37. The van der Waals surface area contributed by atoms with Gasteiger partial charge in [-0.15, -0.1) is 0 Å². The minimum atomic E-state index is -4.56. The summed E-state index contributed by atoms with van der Waals surface area (Å²) >= 11 is 0. The number of benzene rings is 2. The third-order valence-corrected chi connectivity index (χ3v) is 11.2. The zero-order valence-corrected chi connectivity index (χ0v) is 25.6. The highest BCUT2D eigenvalue weighted by atomic mass is 32.2. The molecule has 0 bridgehead atoms. The molecule has 42 heavy (non-hydrogen) atoms. The number of rotatable bonds is 12. The fourth-order valence-corrected chi connectivity index (χ4v) is 8.96. The molecule has 0 aliphatic carbocycles. The molecule has 18 heteroatoms. The number of amides is 2. The number of carbonyl (C=O) groups excluding carboxylic acids is 2. The number of aliphatic hydroxyl groups is 1. The zero-order valence-electron chi connectivity index (χ0n) is 23.1. The van der Waals surface area contributed by atoms with Crippen LogP contribution in [0.2, 0.25) is 0 Å². The number of anilines is 2. The van der Waals surface area contributed by atoms with Crippen LogP contribution in [-0.2, 0) is 39.5 Å². The van der Waals surface area contributed by atoms with Gasteiger partial charge < -0.3 is 25.2 Å². The van der Waals surface area contributed by atoms with Gasteiger partial charge in [-0.05, 0) is 36.4 Å². The van der Waals surface area contributed by atoms with E-state index in [-0.39, 0.29) is 32.7 Å². The molecule has 1 saturated heterocycles. The lowest BCUT2D eigenvalue weighted by Crippen LogP contribution is -2.49. The van der Waals surface area contributed by atoms with Crippen LogP contribution in [-0.4, -0.2) is 97.4 Å². The highest BCUT2D eigenvalue weighted by Crippen LogP contribution is 2.32. The summed E-state index contributed by atoms with van der Waals surface area (Å²) in [6.07, 6.45) is -1.57. The van der Waals surface area contributed by atoms with Crippen LogP contribution in [0.4, 0.5) is 11.4 Å². The lowest BCUT2D eigenvalue weighted by molar-refractivity contribution is -0.115. The van der Waals surface area contributed by atoms with Crippen molar-refractivity contribution < 1.29 is 49.4 Å². The number of hydrogen-bond acceptors (Lipinski definition) is 11. The molecule has 0 radical (unpaired) electrons. The Morgan fingerprint density at radius 2 is 1.40 bits per heavy atom. The summed E-state index contributed by atoms with van der Waals surface area (Å²) in [4.78, 5) is 22.5. The minimum absolute atomic E-state index is 0.0285. The van der Waals surface area contributed by atoms with Gasteiger partial charge in [0.05, 0.1) is 59.0 Å². The second-order valence-corrected chi connectivity index (χ2v) is 15.1. The molecule has 0 spiro atoms. The first-order valence-electron chi connectivity index (χ1n) is 12.3. The van der Waals surface area contributed by atoms with E-state index in [0.29, 0.717) is 0 Å². The normalized spacial score (nSPS) is 18.4. The van der Waals surface area contributed by atoms with Crippen molar-refractivity contribution in [1.29, 1.82) is 0 Å². The smallest absolute Gasteiger partial charge is 0.243 e. The third kappa shape index (κ3) is 7.75. The van der Waals surface area contributed by atoms with Crippen LogP contribution in [0.25, 0.3) is 0 Å². The Labute approximate surface area is 244 Å². The van der Waals surface area contributed by atoms with Gasteiger partial charge in [0, 0.05) is 26.9 Å². The minimum Gasteiger partial charge on any atom is -0.495 e. The maximum Gasteiger partial charge on any atom is 0.243 e. The Hall–Kier alpha value is -3.29. The Kier molecular flexibility index (Phi) is 10.2. The largest absolute Gasteiger partial charge is 0.495 e. The van der Waals surface area contributed by atoms with Crippen LogP contribution in [0.1, 0.15) is 13.8 Å². The Balaban J connectivity index is 1.94. The van der Waals surface area contributed by atoms with Crippen molar-refractivity contribution in [3.63, 3.8) is 0 Å². The van der Waals surface area contributed by atoms with Crippen molar-refractivity contribution >= 4 is 53.1 Å². The highest BCUT2D eigenvalue weighted by molar-refractivity contribution is 7.92. The number of nitrogens with zero attached hydrogens (tertiary/aromatic N) is 1. The van der Waals surface area contributed by atoms with Gasteiger partial charge in [-0.1, -0.05) is 0 Å². The maximum atomic E-state index is 13.8.